The Kier molecular flexibility index (Phi) is 11.0. The summed E-state index contributed by atoms with van der Waals surface area (Å²) in [6.07, 6.45) is 3.88. The molecule has 0 aromatic heterocycles. The van der Waals surface area contributed by atoms with Crippen LogP contribution in [0.15, 0.2) is 0 Å². The minimum absolute atomic E-state index is 0.250. The highest BCUT2D eigenvalue weighted by molar-refractivity contribution is 7.98. The SMILES string of the molecule is CSCCC(NC(=O)C1CCCN1)C(=O)NC(C(=O)NC(CO)C(=O)O)C(C)C. The molecule has 3 amide bonds. The van der Waals surface area contributed by atoms with Gasteiger partial charge in [0.15, 0.2) is 0 Å². The van der Waals surface area contributed by atoms with Gasteiger partial charge in [0.1, 0.15) is 18.1 Å². The molecule has 0 aromatic rings. The molecule has 0 aromatic carbocycles. The number of carbonyl (C=O) groups is 4. The molecule has 1 aliphatic rings. The van der Waals surface area contributed by atoms with Gasteiger partial charge >= 0.3 is 5.97 Å². The summed E-state index contributed by atoms with van der Waals surface area (Å²) in [5, 5.41) is 28.8. The summed E-state index contributed by atoms with van der Waals surface area (Å²) in [7, 11) is 0. The number of amides is 3. The molecule has 29 heavy (non-hydrogen) atoms. The standard InChI is InChI=1S/C18H32N4O6S/c1-10(2)14(17(26)21-13(9-23)18(27)28)22-16(25)12(6-8-29-3)20-15(24)11-5-4-7-19-11/h10-14,19,23H,4-9H2,1-3H3,(H,20,24)(H,21,26)(H,22,25)(H,27,28). The van der Waals surface area contributed by atoms with Crippen molar-refractivity contribution in [2.75, 3.05) is 25.2 Å². The third-order valence-corrected chi connectivity index (χ3v) is 5.31. The number of nitrogens with one attached hydrogen (secondary N) is 4. The second kappa shape index (κ2) is 12.7. The van der Waals surface area contributed by atoms with E-state index < -0.39 is 42.5 Å². The first kappa shape index (κ1) is 25.2. The van der Waals surface area contributed by atoms with E-state index in [4.69, 9.17) is 10.2 Å². The van der Waals surface area contributed by atoms with Crippen LogP contribution in [0.5, 0.6) is 0 Å². The first-order valence-corrected chi connectivity index (χ1v) is 11.1. The first-order chi connectivity index (χ1) is 13.7. The van der Waals surface area contributed by atoms with E-state index in [1.54, 1.807) is 13.8 Å². The molecule has 0 bridgehead atoms. The number of hydrogen-bond donors (Lipinski definition) is 6. The number of rotatable bonds is 12. The summed E-state index contributed by atoms with van der Waals surface area (Å²) >= 11 is 1.53. The smallest absolute Gasteiger partial charge is 0.328 e. The minimum Gasteiger partial charge on any atom is -0.480 e. The van der Waals surface area contributed by atoms with Crippen molar-refractivity contribution in [1.82, 2.24) is 21.3 Å². The molecule has 1 fully saturated rings. The van der Waals surface area contributed by atoms with Crippen molar-refractivity contribution in [2.24, 2.45) is 5.92 Å². The summed E-state index contributed by atoms with van der Waals surface area (Å²) in [4.78, 5) is 48.7. The third kappa shape index (κ3) is 8.19. The Morgan fingerprint density at radius 2 is 1.79 bits per heavy atom. The second-order valence-electron chi connectivity index (χ2n) is 7.30. The Labute approximate surface area is 174 Å². The summed E-state index contributed by atoms with van der Waals surface area (Å²) in [6.45, 7) is 3.40. The van der Waals surface area contributed by atoms with Crippen LogP contribution in [0.4, 0.5) is 0 Å². The number of thioether (sulfide) groups is 1. The summed E-state index contributed by atoms with van der Waals surface area (Å²) < 4.78 is 0. The maximum atomic E-state index is 12.8. The molecule has 10 nitrogen and oxygen atoms in total. The van der Waals surface area contributed by atoms with Gasteiger partial charge in [-0.2, -0.15) is 11.8 Å². The van der Waals surface area contributed by atoms with Crippen molar-refractivity contribution < 1.29 is 29.4 Å². The summed E-state index contributed by atoms with van der Waals surface area (Å²) in [6, 6.07) is -3.60. The average Bonchev–Trinajstić information content (AvgIpc) is 3.21. The van der Waals surface area contributed by atoms with Crippen LogP contribution in [0, 0.1) is 5.92 Å². The second-order valence-corrected chi connectivity index (χ2v) is 8.29. The Morgan fingerprint density at radius 1 is 1.10 bits per heavy atom. The number of aliphatic hydroxyl groups is 1. The number of aliphatic hydroxyl groups excluding tert-OH is 1. The monoisotopic (exact) mass is 432 g/mol. The fraction of sp³-hybridized carbons (Fsp3) is 0.778. The van der Waals surface area contributed by atoms with Gasteiger partial charge in [0.25, 0.3) is 0 Å². The molecule has 1 saturated heterocycles. The van der Waals surface area contributed by atoms with Crippen LogP contribution in [-0.2, 0) is 19.2 Å². The Balaban J connectivity index is 2.81. The predicted octanol–water partition coefficient (Wildman–Crippen LogP) is -1.32. The maximum Gasteiger partial charge on any atom is 0.328 e. The van der Waals surface area contributed by atoms with Crippen LogP contribution in [0.2, 0.25) is 0 Å². The van der Waals surface area contributed by atoms with Gasteiger partial charge in [-0.3, -0.25) is 14.4 Å². The quantitative estimate of drug-likeness (QED) is 0.222. The molecule has 0 radical (unpaired) electrons. The van der Waals surface area contributed by atoms with Gasteiger partial charge < -0.3 is 31.5 Å². The zero-order valence-corrected chi connectivity index (χ0v) is 17.9. The van der Waals surface area contributed by atoms with Crippen LogP contribution < -0.4 is 21.3 Å². The highest BCUT2D eigenvalue weighted by atomic mass is 32.2. The predicted molar refractivity (Wildman–Crippen MR) is 109 cm³/mol. The number of carboxylic acids is 1. The van der Waals surface area contributed by atoms with Crippen LogP contribution in [0.1, 0.15) is 33.1 Å². The fourth-order valence-electron chi connectivity index (χ4n) is 2.92. The lowest BCUT2D eigenvalue weighted by Crippen LogP contribution is -2.58. The number of hydrogen-bond acceptors (Lipinski definition) is 7. The third-order valence-electron chi connectivity index (χ3n) is 4.66. The van der Waals surface area contributed by atoms with Crippen molar-refractivity contribution in [3.8, 4) is 0 Å². The van der Waals surface area contributed by atoms with Crippen molar-refractivity contribution in [1.29, 1.82) is 0 Å². The largest absolute Gasteiger partial charge is 0.480 e. The lowest BCUT2D eigenvalue weighted by atomic mass is 10.0. The normalized spacial score (nSPS) is 19.3. The minimum atomic E-state index is -1.46. The van der Waals surface area contributed by atoms with E-state index in [2.05, 4.69) is 21.3 Å². The lowest BCUT2D eigenvalue weighted by Gasteiger charge is -2.26. The number of carbonyl (C=O) groups excluding carboxylic acids is 3. The molecule has 0 spiro atoms. The molecule has 166 valence electrons. The highest BCUT2D eigenvalue weighted by Gasteiger charge is 2.32. The molecule has 1 heterocycles. The molecule has 1 rings (SSSR count). The zero-order chi connectivity index (χ0) is 22.0. The molecule has 0 aliphatic carbocycles. The fourth-order valence-corrected chi connectivity index (χ4v) is 3.39. The van der Waals surface area contributed by atoms with Crippen molar-refractivity contribution in [2.45, 2.75) is 57.3 Å². The van der Waals surface area contributed by atoms with E-state index in [0.29, 0.717) is 18.6 Å². The molecule has 6 N–H and O–H groups in total. The molecule has 4 atom stereocenters. The Morgan fingerprint density at radius 3 is 2.28 bits per heavy atom. The van der Waals surface area contributed by atoms with Crippen LogP contribution in [0.25, 0.3) is 0 Å². The number of aliphatic carboxylic acids is 1. The van der Waals surface area contributed by atoms with Gasteiger partial charge in [0.2, 0.25) is 17.7 Å². The molecular weight excluding hydrogens is 400 g/mol. The van der Waals surface area contributed by atoms with Crippen LogP contribution in [0.3, 0.4) is 0 Å². The van der Waals surface area contributed by atoms with E-state index in [0.717, 1.165) is 13.0 Å². The van der Waals surface area contributed by atoms with E-state index >= 15 is 0 Å². The van der Waals surface area contributed by atoms with Gasteiger partial charge in [-0.25, -0.2) is 4.79 Å². The number of carboxylic acid groups (broad SMARTS) is 1. The van der Waals surface area contributed by atoms with E-state index in [1.807, 2.05) is 6.26 Å². The lowest BCUT2D eigenvalue weighted by molar-refractivity contribution is -0.143. The summed E-state index contributed by atoms with van der Waals surface area (Å²) in [5.41, 5.74) is 0. The highest BCUT2D eigenvalue weighted by Crippen LogP contribution is 2.09. The molecule has 0 saturated carbocycles. The maximum absolute atomic E-state index is 12.8. The van der Waals surface area contributed by atoms with Gasteiger partial charge in [-0.1, -0.05) is 13.8 Å². The average molecular weight is 433 g/mol. The van der Waals surface area contributed by atoms with Crippen molar-refractivity contribution >= 4 is 35.5 Å². The molecule has 11 heteroatoms. The Hall–Kier alpha value is -1.85. The molecule has 1 aliphatic heterocycles. The van der Waals surface area contributed by atoms with Crippen molar-refractivity contribution in [3.05, 3.63) is 0 Å². The molecular formula is C18H32N4O6S. The van der Waals surface area contributed by atoms with Gasteiger partial charge in [-0.15, -0.1) is 0 Å². The van der Waals surface area contributed by atoms with E-state index in [1.165, 1.54) is 11.8 Å². The topological polar surface area (TPSA) is 157 Å². The zero-order valence-electron chi connectivity index (χ0n) is 17.1. The Bertz CT molecular complexity index is 583. The van der Waals surface area contributed by atoms with E-state index in [9.17, 15) is 19.2 Å². The van der Waals surface area contributed by atoms with E-state index in [-0.39, 0.29) is 17.9 Å². The van der Waals surface area contributed by atoms with Crippen LogP contribution >= 0.6 is 11.8 Å². The summed E-state index contributed by atoms with van der Waals surface area (Å²) in [5.74, 6) is -2.53. The molecule has 4 unspecified atom stereocenters. The van der Waals surface area contributed by atoms with Crippen molar-refractivity contribution in [3.63, 3.8) is 0 Å². The van der Waals surface area contributed by atoms with Gasteiger partial charge in [-0.05, 0) is 43.7 Å². The first-order valence-electron chi connectivity index (χ1n) is 9.68. The van der Waals surface area contributed by atoms with Gasteiger partial charge in [0.05, 0.1) is 12.6 Å². The van der Waals surface area contributed by atoms with Gasteiger partial charge in [0, 0.05) is 0 Å². The van der Waals surface area contributed by atoms with Crippen LogP contribution in [-0.4, -0.2) is 83.2 Å².